The standard InChI is InChI=1S/C12H10BrFN2OS/c13-11-3-7(6-18-11)5-16-8-1-2-10(14)9(4-8)12(15)17/h1-4,6,16H,5H2,(H2,15,17). The van der Waals surface area contributed by atoms with Gasteiger partial charge in [-0.15, -0.1) is 11.3 Å². The van der Waals surface area contributed by atoms with Crippen LogP contribution in [0.2, 0.25) is 0 Å². The van der Waals surface area contributed by atoms with Crippen molar-refractivity contribution in [3.8, 4) is 0 Å². The summed E-state index contributed by atoms with van der Waals surface area (Å²) in [5.41, 5.74) is 6.75. The van der Waals surface area contributed by atoms with Gasteiger partial charge in [0.25, 0.3) is 5.91 Å². The number of primary amides is 1. The summed E-state index contributed by atoms with van der Waals surface area (Å²) in [6.07, 6.45) is 0. The van der Waals surface area contributed by atoms with Crippen LogP contribution in [0.1, 0.15) is 15.9 Å². The molecule has 0 saturated carbocycles. The zero-order valence-corrected chi connectivity index (χ0v) is 11.6. The van der Waals surface area contributed by atoms with E-state index in [1.54, 1.807) is 17.4 Å². The molecule has 0 aliphatic heterocycles. The molecule has 1 aromatic carbocycles. The molecule has 0 saturated heterocycles. The van der Waals surface area contributed by atoms with Crippen molar-refractivity contribution >= 4 is 38.9 Å². The van der Waals surface area contributed by atoms with E-state index in [4.69, 9.17) is 5.73 Å². The minimum absolute atomic E-state index is 0.105. The van der Waals surface area contributed by atoms with Crippen molar-refractivity contribution in [2.45, 2.75) is 6.54 Å². The van der Waals surface area contributed by atoms with Gasteiger partial charge >= 0.3 is 0 Å². The van der Waals surface area contributed by atoms with E-state index in [1.165, 1.54) is 12.1 Å². The Balaban J connectivity index is 2.10. The highest BCUT2D eigenvalue weighted by Gasteiger charge is 2.08. The molecule has 1 aromatic heterocycles. The van der Waals surface area contributed by atoms with Crippen molar-refractivity contribution in [1.29, 1.82) is 0 Å². The number of thiophene rings is 1. The molecule has 0 radical (unpaired) electrons. The molecule has 3 N–H and O–H groups in total. The average molecular weight is 329 g/mol. The van der Waals surface area contributed by atoms with E-state index >= 15 is 0 Å². The first-order valence-corrected chi connectivity index (χ1v) is 6.79. The monoisotopic (exact) mass is 328 g/mol. The normalized spacial score (nSPS) is 10.3. The summed E-state index contributed by atoms with van der Waals surface area (Å²) in [6, 6.07) is 6.21. The summed E-state index contributed by atoms with van der Waals surface area (Å²) < 4.78 is 14.3. The van der Waals surface area contributed by atoms with E-state index < -0.39 is 11.7 Å². The Kier molecular flexibility index (Phi) is 3.98. The Hall–Kier alpha value is -1.40. The van der Waals surface area contributed by atoms with Gasteiger partial charge in [-0.2, -0.15) is 0 Å². The molecule has 0 unspecified atom stereocenters. The predicted molar refractivity (Wildman–Crippen MR) is 74.3 cm³/mol. The highest BCUT2D eigenvalue weighted by atomic mass is 79.9. The molecule has 0 bridgehead atoms. The molecule has 3 nitrogen and oxygen atoms in total. The Labute approximate surface area is 116 Å². The van der Waals surface area contributed by atoms with Gasteiger partial charge in [-0.25, -0.2) is 4.39 Å². The lowest BCUT2D eigenvalue weighted by Crippen LogP contribution is -2.13. The van der Waals surface area contributed by atoms with Crippen molar-refractivity contribution < 1.29 is 9.18 Å². The number of halogens is 2. The molecule has 0 fully saturated rings. The number of benzene rings is 1. The molecule has 6 heteroatoms. The number of anilines is 1. The van der Waals surface area contributed by atoms with Crippen molar-refractivity contribution in [3.63, 3.8) is 0 Å². The fourth-order valence-corrected chi connectivity index (χ4v) is 2.68. The fourth-order valence-electron chi connectivity index (χ4n) is 1.47. The maximum absolute atomic E-state index is 13.3. The molecule has 2 aromatic rings. The minimum Gasteiger partial charge on any atom is -0.381 e. The van der Waals surface area contributed by atoms with Gasteiger partial charge in [-0.3, -0.25) is 4.79 Å². The number of nitrogens with one attached hydrogen (secondary N) is 1. The van der Waals surface area contributed by atoms with Crippen LogP contribution in [0.5, 0.6) is 0 Å². The summed E-state index contributed by atoms with van der Waals surface area (Å²) in [5.74, 6) is -1.37. The van der Waals surface area contributed by atoms with Gasteiger partial charge in [0.15, 0.2) is 0 Å². The Bertz CT molecular complexity index is 585. The van der Waals surface area contributed by atoms with Crippen LogP contribution in [0.3, 0.4) is 0 Å². The molecule has 0 spiro atoms. The summed E-state index contributed by atoms with van der Waals surface area (Å²) in [5, 5.41) is 5.12. The average Bonchev–Trinajstić information content (AvgIpc) is 2.74. The largest absolute Gasteiger partial charge is 0.381 e. The molecular weight excluding hydrogens is 319 g/mol. The topological polar surface area (TPSA) is 55.1 Å². The van der Waals surface area contributed by atoms with Crippen molar-refractivity contribution in [1.82, 2.24) is 0 Å². The molecule has 2 rings (SSSR count). The Morgan fingerprint density at radius 1 is 1.44 bits per heavy atom. The minimum atomic E-state index is -0.769. The van der Waals surface area contributed by atoms with Crippen molar-refractivity contribution in [3.05, 3.63) is 50.4 Å². The third kappa shape index (κ3) is 3.08. The van der Waals surface area contributed by atoms with Gasteiger partial charge in [0.1, 0.15) is 5.82 Å². The van der Waals surface area contributed by atoms with Crippen molar-refractivity contribution in [2.24, 2.45) is 5.73 Å². The highest BCUT2D eigenvalue weighted by molar-refractivity contribution is 9.11. The number of nitrogens with two attached hydrogens (primary N) is 1. The maximum atomic E-state index is 13.3. The van der Waals surface area contributed by atoms with Crippen LogP contribution >= 0.6 is 27.3 Å². The molecule has 0 atom stereocenters. The van der Waals surface area contributed by atoms with Gasteiger partial charge in [-0.1, -0.05) is 0 Å². The number of rotatable bonds is 4. The molecule has 1 heterocycles. The van der Waals surface area contributed by atoms with Crippen LogP contribution in [0.15, 0.2) is 33.4 Å². The molecule has 0 aliphatic carbocycles. The lowest BCUT2D eigenvalue weighted by atomic mass is 10.1. The van der Waals surface area contributed by atoms with E-state index in [2.05, 4.69) is 21.2 Å². The molecule has 18 heavy (non-hydrogen) atoms. The molecule has 0 aliphatic rings. The van der Waals surface area contributed by atoms with Crippen molar-refractivity contribution in [2.75, 3.05) is 5.32 Å². The number of carbonyl (C=O) groups excluding carboxylic acids is 1. The van der Waals surface area contributed by atoms with Crippen LogP contribution < -0.4 is 11.1 Å². The first kappa shape index (κ1) is 13.0. The van der Waals surface area contributed by atoms with Gasteiger partial charge < -0.3 is 11.1 Å². The number of carbonyl (C=O) groups is 1. The number of amides is 1. The second-order valence-electron chi connectivity index (χ2n) is 3.67. The lowest BCUT2D eigenvalue weighted by Gasteiger charge is -2.07. The summed E-state index contributed by atoms with van der Waals surface area (Å²) >= 11 is 4.97. The lowest BCUT2D eigenvalue weighted by molar-refractivity contribution is 0.0996. The zero-order valence-electron chi connectivity index (χ0n) is 9.24. The van der Waals surface area contributed by atoms with Crippen LogP contribution in [-0.4, -0.2) is 5.91 Å². The predicted octanol–water partition coefficient (Wildman–Crippen LogP) is 3.36. The van der Waals surface area contributed by atoms with Crippen LogP contribution in [0.25, 0.3) is 0 Å². The van der Waals surface area contributed by atoms with Crippen LogP contribution in [0, 0.1) is 5.82 Å². The van der Waals surface area contributed by atoms with E-state index in [0.29, 0.717) is 12.2 Å². The zero-order chi connectivity index (χ0) is 13.1. The van der Waals surface area contributed by atoms with Gasteiger partial charge in [0.05, 0.1) is 9.35 Å². The van der Waals surface area contributed by atoms with Crippen LogP contribution in [0.4, 0.5) is 10.1 Å². The second kappa shape index (κ2) is 5.49. The van der Waals surface area contributed by atoms with E-state index in [0.717, 1.165) is 9.35 Å². The smallest absolute Gasteiger partial charge is 0.251 e. The second-order valence-corrected chi connectivity index (χ2v) is 5.96. The quantitative estimate of drug-likeness (QED) is 0.904. The van der Waals surface area contributed by atoms with E-state index in [-0.39, 0.29) is 5.56 Å². The van der Waals surface area contributed by atoms with E-state index in [9.17, 15) is 9.18 Å². The first-order chi connectivity index (χ1) is 8.56. The maximum Gasteiger partial charge on any atom is 0.251 e. The number of hydrogen-bond acceptors (Lipinski definition) is 3. The fraction of sp³-hybridized carbons (Fsp3) is 0.0833. The van der Waals surface area contributed by atoms with Gasteiger partial charge in [-0.05, 0) is 51.1 Å². The summed E-state index contributed by atoms with van der Waals surface area (Å²) in [4.78, 5) is 11.0. The van der Waals surface area contributed by atoms with Crippen LogP contribution in [-0.2, 0) is 6.54 Å². The van der Waals surface area contributed by atoms with Gasteiger partial charge in [0, 0.05) is 12.2 Å². The third-order valence-electron chi connectivity index (χ3n) is 2.35. The SMILES string of the molecule is NC(=O)c1cc(NCc2csc(Br)c2)ccc1F. The molecule has 94 valence electrons. The highest BCUT2D eigenvalue weighted by Crippen LogP contribution is 2.22. The molecule has 1 amide bonds. The Morgan fingerprint density at radius 3 is 2.83 bits per heavy atom. The first-order valence-electron chi connectivity index (χ1n) is 5.12. The summed E-state index contributed by atoms with van der Waals surface area (Å²) in [7, 11) is 0. The van der Waals surface area contributed by atoms with E-state index in [1.807, 2.05) is 11.4 Å². The van der Waals surface area contributed by atoms with Gasteiger partial charge in [0.2, 0.25) is 0 Å². The Morgan fingerprint density at radius 2 is 2.22 bits per heavy atom. The summed E-state index contributed by atoms with van der Waals surface area (Å²) in [6.45, 7) is 0.603. The number of hydrogen-bond donors (Lipinski definition) is 2. The molecular formula is C12H10BrFN2OS. The third-order valence-corrected chi connectivity index (χ3v) is 3.90.